The summed E-state index contributed by atoms with van der Waals surface area (Å²) in [6.45, 7) is 3.79. The van der Waals surface area contributed by atoms with E-state index in [0.29, 0.717) is 23.7 Å². The number of carbonyl (C=O) groups is 2. The van der Waals surface area contributed by atoms with Gasteiger partial charge >= 0.3 is 0 Å². The maximum atomic E-state index is 14.1. The number of benzene rings is 2. The molecule has 0 atom stereocenters. The molecule has 0 radical (unpaired) electrons. The van der Waals surface area contributed by atoms with Gasteiger partial charge in [0.2, 0.25) is 0 Å². The van der Waals surface area contributed by atoms with Crippen LogP contribution in [0.3, 0.4) is 0 Å². The van der Waals surface area contributed by atoms with Crippen molar-refractivity contribution in [1.82, 2.24) is 9.80 Å². The highest BCUT2D eigenvalue weighted by atomic mass is 32.1. The fourth-order valence-corrected chi connectivity index (χ4v) is 5.92. The molecule has 1 aliphatic heterocycles. The highest BCUT2D eigenvalue weighted by Gasteiger charge is 2.32. The molecule has 0 spiro atoms. The van der Waals surface area contributed by atoms with Gasteiger partial charge < -0.3 is 10.2 Å². The highest BCUT2D eigenvalue weighted by molar-refractivity contribution is 7.17. The minimum absolute atomic E-state index is 0.0148. The summed E-state index contributed by atoms with van der Waals surface area (Å²) in [6, 6.07) is 16.3. The van der Waals surface area contributed by atoms with Crippen molar-refractivity contribution in [3.63, 3.8) is 0 Å². The first-order valence-electron chi connectivity index (χ1n) is 11.4. The molecule has 1 aromatic heterocycles. The number of nitrogens with one attached hydrogen (secondary N) is 1. The van der Waals surface area contributed by atoms with Gasteiger partial charge in [0.05, 0.1) is 11.1 Å². The van der Waals surface area contributed by atoms with Gasteiger partial charge in [-0.15, -0.1) is 11.3 Å². The van der Waals surface area contributed by atoms with E-state index in [0.717, 1.165) is 49.3 Å². The first-order valence-corrected chi connectivity index (χ1v) is 12.2. The van der Waals surface area contributed by atoms with Crippen molar-refractivity contribution in [2.75, 3.05) is 31.5 Å². The van der Waals surface area contributed by atoms with Crippen LogP contribution in [0.4, 0.5) is 9.39 Å². The second-order valence-electron chi connectivity index (χ2n) is 8.55. The third-order valence-corrected chi connectivity index (χ3v) is 7.60. The molecule has 2 amide bonds. The summed E-state index contributed by atoms with van der Waals surface area (Å²) in [6.07, 6.45) is 2.78. The van der Waals surface area contributed by atoms with Crippen molar-refractivity contribution >= 4 is 28.2 Å². The first kappa shape index (κ1) is 21.8. The summed E-state index contributed by atoms with van der Waals surface area (Å²) < 4.78 is 14.1. The Hall–Kier alpha value is -3.03. The van der Waals surface area contributed by atoms with Gasteiger partial charge in [-0.1, -0.05) is 42.5 Å². The highest BCUT2D eigenvalue weighted by Crippen LogP contribution is 2.40. The minimum Gasteiger partial charge on any atom is -0.336 e. The van der Waals surface area contributed by atoms with Crippen LogP contribution in [0, 0.1) is 5.82 Å². The number of fused-ring (bicyclic) bond motifs is 1. The average molecular weight is 464 g/mol. The Morgan fingerprint density at radius 3 is 2.42 bits per heavy atom. The number of carbonyl (C=O) groups excluding carboxylic acids is 2. The zero-order valence-corrected chi connectivity index (χ0v) is 19.2. The predicted octanol–water partition coefficient (Wildman–Crippen LogP) is 4.59. The molecule has 1 saturated heterocycles. The van der Waals surface area contributed by atoms with Crippen LogP contribution < -0.4 is 5.32 Å². The molecule has 2 heterocycles. The number of nitrogens with zero attached hydrogens (tertiary/aromatic N) is 2. The van der Waals surface area contributed by atoms with Crippen LogP contribution in [0.15, 0.2) is 54.6 Å². The summed E-state index contributed by atoms with van der Waals surface area (Å²) in [4.78, 5) is 31.7. The Bertz CT molecular complexity index is 1170. The molecule has 5 nitrogen and oxygen atoms in total. The summed E-state index contributed by atoms with van der Waals surface area (Å²) in [5, 5.41) is 3.39. The van der Waals surface area contributed by atoms with Crippen molar-refractivity contribution < 1.29 is 14.0 Å². The van der Waals surface area contributed by atoms with E-state index < -0.39 is 11.7 Å². The first-order chi connectivity index (χ1) is 16.1. The molecule has 33 heavy (non-hydrogen) atoms. The van der Waals surface area contributed by atoms with Crippen LogP contribution in [-0.4, -0.2) is 47.8 Å². The fraction of sp³-hybridized carbons (Fsp3) is 0.308. The SMILES string of the molecule is O=C(Nc1sc2c(c1C(=O)N1CCN(Cc3ccccc3)CC1)CCC2)c1ccccc1F. The molecule has 0 bridgehead atoms. The van der Waals surface area contributed by atoms with Gasteiger partial charge in [0.1, 0.15) is 10.8 Å². The molecule has 1 N–H and O–H groups in total. The smallest absolute Gasteiger partial charge is 0.259 e. The molecule has 1 aliphatic carbocycles. The van der Waals surface area contributed by atoms with Crippen LogP contribution in [-0.2, 0) is 19.4 Å². The van der Waals surface area contributed by atoms with Crippen LogP contribution in [0.2, 0.25) is 0 Å². The van der Waals surface area contributed by atoms with E-state index in [1.165, 1.54) is 29.0 Å². The van der Waals surface area contributed by atoms with E-state index in [1.807, 2.05) is 23.1 Å². The number of aryl methyl sites for hydroxylation is 1. The molecule has 2 aliphatic rings. The molecule has 7 heteroatoms. The Labute approximate surface area is 196 Å². The molecule has 5 rings (SSSR count). The standard InChI is InChI=1S/C26H26FN3O2S/c27-21-11-5-4-9-19(21)24(31)28-25-23(20-10-6-12-22(20)33-25)26(32)30-15-13-29(14-16-30)17-18-7-2-1-3-8-18/h1-5,7-9,11H,6,10,12-17H2,(H,28,31). The number of thiophene rings is 1. The van der Waals surface area contributed by atoms with Gasteiger partial charge in [-0.3, -0.25) is 14.5 Å². The van der Waals surface area contributed by atoms with Crippen LogP contribution in [0.5, 0.6) is 0 Å². The summed E-state index contributed by atoms with van der Waals surface area (Å²) in [5.41, 5.74) is 2.92. The maximum absolute atomic E-state index is 14.1. The van der Waals surface area contributed by atoms with Crippen LogP contribution in [0.25, 0.3) is 0 Å². The van der Waals surface area contributed by atoms with Gasteiger partial charge in [-0.05, 0) is 42.5 Å². The maximum Gasteiger partial charge on any atom is 0.259 e. The van der Waals surface area contributed by atoms with Gasteiger partial charge in [0, 0.05) is 37.6 Å². The van der Waals surface area contributed by atoms with E-state index >= 15 is 0 Å². The fourth-order valence-electron chi connectivity index (χ4n) is 4.64. The van der Waals surface area contributed by atoms with Crippen LogP contribution in [0.1, 0.15) is 43.1 Å². The van der Waals surface area contributed by atoms with Gasteiger partial charge in [-0.2, -0.15) is 0 Å². The number of halogens is 1. The largest absolute Gasteiger partial charge is 0.336 e. The normalized spacial score (nSPS) is 16.0. The molecule has 170 valence electrons. The third-order valence-electron chi connectivity index (χ3n) is 6.39. The van der Waals surface area contributed by atoms with Crippen molar-refractivity contribution in [1.29, 1.82) is 0 Å². The van der Waals surface area contributed by atoms with Crippen LogP contribution >= 0.6 is 11.3 Å². The molecule has 2 aromatic carbocycles. The molecule has 1 fully saturated rings. The lowest BCUT2D eigenvalue weighted by Gasteiger charge is -2.35. The van der Waals surface area contributed by atoms with Crippen molar-refractivity contribution in [2.24, 2.45) is 0 Å². The number of anilines is 1. The molecular weight excluding hydrogens is 437 g/mol. The van der Waals surface area contributed by atoms with Crippen molar-refractivity contribution in [3.05, 3.63) is 87.5 Å². The second kappa shape index (κ2) is 9.45. The van der Waals surface area contributed by atoms with Crippen molar-refractivity contribution in [3.8, 4) is 0 Å². The van der Waals surface area contributed by atoms with E-state index in [1.54, 1.807) is 12.1 Å². The number of hydrogen-bond donors (Lipinski definition) is 1. The Morgan fingerprint density at radius 2 is 1.67 bits per heavy atom. The molecule has 0 unspecified atom stereocenters. The Morgan fingerprint density at radius 1 is 0.939 bits per heavy atom. The second-order valence-corrected chi connectivity index (χ2v) is 9.65. The van der Waals surface area contributed by atoms with E-state index in [2.05, 4.69) is 22.3 Å². The van der Waals surface area contributed by atoms with Gasteiger partial charge in [0.15, 0.2) is 0 Å². The van der Waals surface area contributed by atoms with Gasteiger partial charge in [0.25, 0.3) is 11.8 Å². The average Bonchev–Trinajstić information content (AvgIpc) is 3.41. The molecular formula is C26H26FN3O2S. The molecule has 0 saturated carbocycles. The lowest BCUT2D eigenvalue weighted by molar-refractivity contribution is 0.0629. The molecule has 3 aromatic rings. The zero-order chi connectivity index (χ0) is 22.8. The van der Waals surface area contributed by atoms with Crippen molar-refractivity contribution in [2.45, 2.75) is 25.8 Å². The quantitative estimate of drug-likeness (QED) is 0.602. The minimum atomic E-state index is -0.568. The topological polar surface area (TPSA) is 52.7 Å². The number of hydrogen-bond acceptors (Lipinski definition) is 4. The Kier molecular flexibility index (Phi) is 6.24. The van der Waals surface area contributed by atoms with Gasteiger partial charge in [-0.25, -0.2) is 4.39 Å². The zero-order valence-electron chi connectivity index (χ0n) is 18.4. The number of amides is 2. The lowest BCUT2D eigenvalue weighted by Crippen LogP contribution is -2.48. The lowest BCUT2D eigenvalue weighted by atomic mass is 10.1. The van der Waals surface area contributed by atoms with E-state index in [9.17, 15) is 14.0 Å². The summed E-state index contributed by atoms with van der Waals surface area (Å²) in [5.74, 6) is -1.12. The third kappa shape index (κ3) is 4.56. The van der Waals surface area contributed by atoms with E-state index in [4.69, 9.17) is 0 Å². The van der Waals surface area contributed by atoms with E-state index in [-0.39, 0.29) is 11.5 Å². The predicted molar refractivity (Wildman–Crippen MR) is 128 cm³/mol. The Balaban J connectivity index is 1.31. The summed E-state index contributed by atoms with van der Waals surface area (Å²) >= 11 is 1.46. The monoisotopic (exact) mass is 463 g/mol. The summed E-state index contributed by atoms with van der Waals surface area (Å²) in [7, 11) is 0. The number of piperazine rings is 1. The number of rotatable bonds is 5.